The Labute approximate surface area is 207 Å². The zero-order valence-corrected chi connectivity index (χ0v) is 22.0. The Morgan fingerprint density at radius 2 is 1.79 bits per heavy atom. The van der Waals surface area contributed by atoms with Gasteiger partial charge in [0.2, 0.25) is 0 Å². The molecule has 2 aliphatic rings. The number of carbonyl (C=O) groups is 4. The van der Waals surface area contributed by atoms with Gasteiger partial charge in [-0.15, -0.1) is 0 Å². The second-order valence-electron chi connectivity index (χ2n) is 10.9. The van der Waals surface area contributed by atoms with E-state index in [9.17, 15) is 19.2 Å². The Kier molecular flexibility index (Phi) is 12.1. The van der Waals surface area contributed by atoms with Crippen molar-refractivity contribution < 1.29 is 19.2 Å². The number of rotatable bonds is 12. The van der Waals surface area contributed by atoms with E-state index in [1.54, 1.807) is 6.08 Å². The summed E-state index contributed by atoms with van der Waals surface area (Å²) in [5.41, 5.74) is 2.26. The fourth-order valence-electron chi connectivity index (χ4n) is 6.04. The topological polar surface area (TPSA) is 68.3 Å². The summed E-state index contributed by atoms with van der Waals surface area (Å²) in [4.78, 5) is 50.0. The third-order valence-corrected chi connectivity index (χ3v) is 7.84. The van der Waals surface area contributed by atoms with Crippen LogP contribution in [0.1, 0.15) is 118 Å². The highest BCUT2D eigenvalue weighted by Crippen LogP contribution is 2.35. The van der Waals surface area contributed by atoms with Gasteiger partial charge in [-0.3, -0.25) is 19.2 Å². The third kappa shape index (κ3) is 9.43. The molecule has 1 saturated carbocycles. The van der Waals surface area contributed by atoms with E-state index in [1.165, 1.54) is 25.3 Å². The Morgan fingerprint density at radius 3 is 2.41 bits per heavy atom. The molecule has 2 rings (SSSR count). The normalized spacial score (nSPS) is 25.1. The van der Waals surface area contributed by atoms with Crippen LogP contribution in [0.2, 0.25) is 0 Å². The Bertz CT molecular complexity index is 782. The van der Waals surface area contributed by atoms with Gasteiger partial charge >= 0.3 is 0 Å². The molecule has 0 spiro atoms. The zero-order chi connectivity index (χ0) is 25.1. The summed E-state index contributed by atoms with van der Waals surface area (Å²) < 4.78 is 0. The fourth-order valence-corrected chi connectivity index (χ4v) is 6.04. The lowest BCUT2D eigenvalue weighted by Gasteiger charge is -2.29. The first-order chi connectivity index (χ1) is 16.2. The molecule has 0 aromatic heterocycles. The van der Waals surface area contributed by atoms with Crippen molar-refractivity contribution in [2.24, 2.45) is 23.7 Å². The molecule has 3 atom stereocenters. The number of Topliss-reactive ketones (excluding diaryl/α,β-unsaturated/α-hetero) is 3. The molecule has 3 unspecified atom stereocenters. The molecule has 0 aromatic carbocycles. The molecule has 190 valence electrons. The van der Waals surface area contributed by atoms with Crippen molar-refractivity contribution in [3.8, 4) is 0 Å². The first-order valence-corrected chi connectivity index (χ1v) is 13.7. The number of hydrogen-bond donors (Lipinski definition) is 0. The van der Waals surface area contributed by atoms with Crippen molar-refractivity contribution in [1.82, 2.24) is 0 Å². The standard InChI is InChI=1S/C30H46O4/c1-5-9-26(28(6-2)30(34)17-22(4)31)18-24-15-14-23(13-12-21(3)16-27(32)19-24)20-29(33)25-10-7-8-11-25/h13,16,24-26,28H,5-12,14-15,17-20H2,1-4H3/b21-16+,23-13+. The molecule has 4 nitrogen and oxygen atoms in total. The molecule has 0 saturated heterocycles. The Hall–Kier alpha value is -1.84. The summed E-state index contributed by atoms with van der Waals surface area (Å²) in [5, 5.41) is 0. The second kappa shape index (κ2) is 14.5. The number of allylic oxidation sites excluding steroid dienone is 4. The van der Waals surface area contributed by atoms with Crippen LogP contribution in [0.25, 0.3) is 0 Å². The van der Waals surface area contributed by atoms with Gasteiger partial charge < -0.3 is 0 Å². The first kappa shape index (κ1) is 28.4. The van der Waals surface area contributed by atoms with Crippen LogP contribution in [-0.2, 0) is 19.2 Å². The van der Waals surface area contributed by atoms with E-state index in [1.807, 2.05) is 13.8 Å². The van der Waals surface area contributed by atoms with Gasteiger partial charge in [0.05, 0.1) is 6.42 Å². The smallest absolute Gasteiger partial charge is 0.155 e. The summed E-state index contributed by atoms with van der Waals surface area (Å²) in [5.74, 6) is 1.03. The minimum atomic E-state index is -0.120. The highest BCUT2D eigenvalue weighted by atomic mass is 16.1. The van der Waals surface area contributed by atoms with Crippen LogP contribution in [0.3, 0.4) is 0 Å². The summed E-state index contributed by atoms with van der Waals surface area (Å²) in [6, 6.07) is 0. The average molecular weight is 471 g/mol. The van der Waals surface area contributed by atoms with Gasteiger partial charge in [-0.25, -0.2) is 0 Å². The molecule has 0 bridgehead atoms. The highest BCUT2D eigenvalue weighted by molar-refractivity contribution is 5.99. The summed E-state index contributed by atoms with van der Waals surface area (Å²) in [6.45, 7) is 7.64. The summed E-state index contributed by atoms with van der Waals surface area (Å²) in [6.07, 6.45) is 15.4. The molecule has 0 heterocycles. The maximum atomic E-state index is 12.9. The van der Waals surface area contributed by atoms with E-state index in [-0.39, 0.29) is 47.4 Å². The number of carbonyl (C=O) groups excluding carboxylic acids is 4. The maximum absolute atomic E-state index is 12.9. The lowest BCUT2D eigenvalue weighted by molar-refractivity contribution is -0.130. The highest BCUT2D eigenvalue weighted by Gasteiger charge is 2.30. The van der Waals surface area contributed by atoms with Crippen molar-refractivity contribution >= 4 is 23.1 Å². The predicted molar refractivity (Wildman–Crippen MR) is 137 cm³/mol. The molecule has 0 N–H and O–H groups in total. The van der Waals surface area contributed by atoms with Crippen molar-refractivity contribution in [2.45, 2.75) is 118 Å². The summed E-state index contributed by atoms with van der Waals surface area (Å²) >= 11 is 0. The van der Waals surface area contributed by atoms with Crippen LogP contribution in [0.4, 0.5) is 0 Å². The van der Waals surface area contributed by atoms with Gasteiger partial charge in [-0.05, 0) is 76.7 Å². The molecule has 0 radical (unpaired) electrons. The van der Waals surface area contributed by atoms with E-state index in [2.05, 4.69) is 13.0 Å². The van der Waals surface area contributed by atoms with E-state index in [0.717, 1.165) is 63.4 Å². The molecule has 1 fully saturated rings. The lowest BCUT2D eigenvalue weighted by atomic mass is 9.75. The van der Waals surface area contributed by atoms with E-state index < -0.39 is 0 Å². The van der Waals surface area contributed by atoms with Crippen molar-refractivity contribution in [3.63, 3.8) is 0 Å². The lowest BCUT2D eigenvalue weighted by Crippen LogP contribution is -2.27. The van der Waals surface area contributed by atoms with Gasteiger partial charge in [0.15, 0.2) is 5.78 Å². The molecule has 0 amide bonds. The molecule has 0 aromatic rings. The number of hydrogen-bond acceptors (Lipinski definition) is 4. The van der Waals surface area contributed by atoms with Crippen LogP contribution in [-0.4, -0.2) is 23.1 Å². The second-order valence-corrected chi connectivity index (χ2v) is 10.9. The monoisotopic (exact) mass is 470 g/mol. The fraction of sp³-hybridized carbons (Fsp3) is 0.733. The van der Waals surface area contributed by atoms with Gasteiger partial charge in [0.25, 0.3) is 0 Å². The van der Waals surface area contributed by atoms with Crippen molar-refractivity contribution in [3.05, 3.63) is 23.3 Å². The Balaban J connectivity index is 2.16. The number of ketones is 4. The minimum Gasteiger partial charge on any atom is -0.300 e. The summed E-state index contributed by atoms with van der Waals surface area (Å²) in [7, 11) is 0. The van der Waals surface area contributed by atoms with Gasteiger partial charge in [-0.1, -0.05) is 56.8 Å². The van der Waals surface area contributed by atoms with Crippen LogP contribution < -0.4 is 0 Å². The molecule has 4 heteroatoms. The molecule has 0 aliphatic heterocycles. The Morgan fingerprint density at radius 1 is 1.09 bits per heavy atom. The van der Waals surface area contributed by atoms with E-state index >= 15 is 0 Å². The molecule has 34 heavy (non-hydrogen) atoms. The SMILES string of the molecule is CCCC(CC1CC/C(CC(=O)C2CCCC2)=C\C/C(C)=C/C(=O)C1)C(CC)C(=O)CC(C)=O. The van der Waals surface area contributed by atoms with Crippen LogP contribution in [0.5, 0.6) is 0 Å². The maximum Gasteiger partial charge on any atom is 0.155 e. The van der Waals surface area contributed by atoms with Crippen LogP contribution in [0, 0.1) is 23.7 Å². The largest absolute Gasteiger partial charge is 0.300 e. The third-order valence-electron chi connectivity index (χ3n) is 7.84. The minimum absolute atomic E-state index is 0.0143. The quantitative estimate of drug-likeness (QED) is 0.224. The van der Waals surface area contributed by atoms with Gasteiger partial charge in [0.1, 0.15) is 17.3 Å². The molecular formula is C30H46O4. The predicted octanol–water partition coefficient (Wildman–Crippen LogP) is 7.15. The van der Waals surface area contributed by atoms with Crippen LogP contribution in [0.15, 0.2) is 23.3 Å². The van der Waals surface area contributed by atoms with E-state index in [4.69, 9.17) is 0 Å². The molecule has 2 aliphatic carbocycles. The van der Waals surface area contributed by atoms with E-state index in [0.29, 0.717) is 18.6 Å². The average Bonchev–Trinajstić information content (AvgIpc) is 3.30. The zero-order valence-electron chi connectivity index (χ0n) is 22.0. The molecular weight excluding hydrogens is 424 g/mol. The van der Waals surface area contributed by atoms with Gasteiger partial charge in [-0.2, -0.15) is 0 Å². The van der Waals surface area contributed by atoms with Gasteiger partial charge in [0, 0.05) is 24.7 Å². The van der Waals surface area contributed by atoms with Crippen LogP contribution >= 0.6 is 0 Å². The first-order valence-electron chi connectivity index (χ1n) is 13.7. The van der Waals surface area contributed by atoms with Crippen molar-refractivity contribution in [1.29, 1.82) is 0 Å². The van der Waals surface area contributed by atoms with Crippen molar-refractivity contribution in [2.75, 3.05) is 0 Å².